The number of carboxylic acid groups (broad SMARTS) is 1. The van der Waals surface area contributed by atoms with E-state index in [0.29, 0.717) is 12.3 Å². The highest BCUT2D eigenvalue weighted by Gasteiger charge is 2.14. The maximum absolute atomic E-state index is 10.5. The lowest BCUT2D eigenvalue weighted by atomic mass is 10.2. The summed E-state index contributed by atoms with van der Waals surface area (Å²) in [5, 5.41) is 20.2. The topological polar surface area (TPSA) is 101 Å². The smallest absolute Gasteiger partial charge is 0.410 e. The van der Waals surface area contributed by atoms with Crippen LogP contribution in [0.1, 0.15) is 25.0 Å². The summed E-state index contributed by atoms with van der Waals surface area (Å²) in [4.78, 5) is 14.5. The number of carbonyl (C=O) groups is 1. The molecule has 1 aromatic heterocycles. The number of aromatic nitrogens is 1. The number of ether oxygens (including phenoxy) is 2. The van der Waals surface area contributed by atoms with Gasteiger partial charge in [0.25, 0.3) is 0 Å². The molecule has 104 valence electrons. The van der Waals surface area contributed by atoms with Crippen LogP contribution in [0.5, 0.6) is 5.75 Å². The van der Waals surface area contributed by atoms with E-state index in [9.17, 15) is 9.90 Å². The summed E-state index contributed by atoms with van der Waals surface area (Å²) in [5.41, 5.74) is 0.443. The Labute approximate surface area is 110 Å². The number of hydrogen-bond acceptors (Lipinski definition) is 5. The number of aromatic hydroxyl groups is 1. The van der Waals surface area contributed by atoms with Gasteiger partial charge in [0.15, 0.2) is 6.29 Å². The van der Waals surface area contributed by atoms with Crippen LogP contribution in [-0.2, 0) is 16.1 Å². The molecule has 1 aromatic rings. The Kier molecular flexibility index (Phi) is 4.53. The molecule has 0 radical (unpaired) electrons. The van der Waals surface area contributed by atoms with Crippen molar-refractivity contribution in [3.8, 4) is 5.75 Å². The van der Waals surface area contributed by atoms with Crippen molar-refractivity contribution in [2.75, 3.05) is 11.9 Å². The van der Waals surface area contributed by atoms with Gasteiger partial charge in [0.1, 0.15) is 11.6 Å². The number of hydrogen-bond donors (Lipinski definition) is 3. The second kappa shape index (κ2) is 6.35. The van der Waals surface area contributed by atoms with E-state index >= 15 is 0 Å². The molecular formula is C12H16N2O5. The van der Waals surface area contributed by atoms with Crippen molar-refractivity contribution in [3.05, 3.63) is 17.8 Å². The zero-order chi connectivity index (χ0) is 13.7. The van der Waals surface area contributed by atoms with E-state index in [1.54, 1.807) is 0 Å². The van der Waals surface area contributed by atoms with Crippen molar-refractivity contribution < 1.29 is 24.5 Å². The van der Waals surface area contributed by atoms with E-state index in [4.69, 9.17) is 14.6 Å². The van der Waals surface area contributed by atoms with Crippen LogP contribution in [0.3, 0.4) is 0 Å². The largest absolute Gasteiger partial charge is 0.508 e. The van der Waals surface area contributed by atoms with Gasteiger partial charge in [0.2, 0.25) is 0 Å². The number of anilines is 1. The Hall–Kier alpha value is -1.86. The summed E-state index contributed by atoms with van der Waals surface area (Å²) in [6, 6.07) is 2.66. The summed E-state index contributed by atoms with van der Waals surface area (Å²) in [7, 11) is 0. The zero-order valence-electron chi connectivity index (χ0n) is 10.3. The summed E-state index contributed by atoms with van der Waals surface area (Å²) < 4.78 is 10.9. The highest BCUT2D eigenvalue weighted by atomic mass is 16.7. The summed E-state index contributed by atoms with van der Waals surface area (Å²) in [5.74, 6) is -0.00225. The van der Waals surface area contributed by atoms with E-state index in [2.05, 4.69) is 10.3 Å². The Morgan fingerprint density at radius 2 is 2.37 bits per heavy atom. The molecule has 0 bridgehead atoms. The second-order valence-corrected chi connectivity index (χ2v) is 4.24. The Balaban J connectivity index is 1.95. The van der Waals surface area contributed by atoms with Gasteiger partial charge in [-0.05, 0) is 19.3 Å². The number of amides is 1. The molecule has 1 fully saturated rings. The van der Waals surface area contributed by atoms with E-state index < -0.39 is 6.09 Å². The first kappa shape index (κ1) is 13.6. The molecule has 7 nitrogen and oxygen atoms in total. The Morgan fingerprint density at radius 1 is 1.53 bits per heavy atom. The normalized spacial score (nSPS) is 19.1. The molecule has 1 atom stereocenters. The van der Waals surface area contributed by atoms with Crippen molar-refractivity contribution in [2.24, 2.45) is 0 Å². The minimum absolute atomic E-state index is 0.0654. The molecule has 1 saturated heterocycles. The molecule has 1 unspecified atom stereocenters. The van der Waals surface area contributed by atoms with Gasteiger partial charge in [-0.1, -0.05) is 0 Å². The van der Waals surface area contributed by atoms with Gasteiger partial charge in [-0.15, -0.1) is 0 Å². The number of pyridine rings is 1. The average Bonchev–Trinajstić information content (AvgIpc) is 2.36. The molecule has 0 spiro atoms. The van der Waals surface area contributed by atoms with Crippen molar-refractivity contribution in [1.82, 2.24) is 4.98 Å². The third kappa shape index (κ3) is 4.38. The quantitative estimate of drug-likeness (QED) is 0.771. The lowest BCUT2D eigenvalue weighted by molar-refractivity contribution is -0.169. The molecule has 0 aliphatic carbocycles. The van der Waals surface area contributed by atoms with Gasteiger partial charge in [0.05, 0.1) is 12.3 Å². The monoisotopic (exact) mass is 268 g/mol. The van der Waals surface area contributed by atoms with E-state index in [-0.39, 0.29) is 24.5 Å². The summed E-state index contributed by atoms with van der Waals surface area (Å²) in [6.45, 7) is 0.845. The molecule has 2 heterocycles. The van der Waals surface area contributed by atoms with Gasteiger partial charge in [-0.2, -0.15) is 0 Å². The first-order valence-electron chi connectivity index (χ1n) is 6.06. The van der Waals surface area contributed by atoms with E-state index in [1.165, 1.54) is 12.1 Å². The van der Waals surface area contributed by atoms with E-state index in [1.807, 2.05) is 0 Å². The van der Waals surface area contributed by atoms with Crippen molar-refractivity contribution in [3.63, 3.8) is 0 Å². The molecule has 19 heavy (non-hydrogen) atoms. The molecule has 1 aliphatic rings. The minimum atomic E-state index is -1.24. The van der Waals surface area contributed by atoms with Gasteiger partial charge >= 0.3 is 6.09 Å². The molecular weight excluding hydrogens is 252 g/mol. The second-order valence-electron chi connectivity index (χ2n) is 4.24. The summed E-state index contributed by atoms with van der Waals surface area (Å²) >= 11 is 0. The van der Waals surface area contributed by atoms with Crippen LogP contribution in [0.2, 0.25) is 0 Å². The average molecular weight is 268 g/mol. The SMILES string of the molecule is O=C(O)Nc1cc(O)cc(COC2CCCCO2)n1. The van der Waals surface area contributed by atoms with Gasteiger partial charge in [-0.25, -0.2) is 9.78 Å². The third-order valence-electron chi connectivity index (χ3n) is 2.65. The first-order valence-corrected chi connectivity index (χ1v) is 6.06. The summed E-state index contributed by atoms with van der Waals surface area (Å²) in [6.07, 6.45) is 1.44. The van der Waals surface area contributed by atoms with Crippen LogP contribution in [0, 0.1) is 0 Å². The number of nitrogens with one attached hydrogen (secondary N) is 1. The molecule has 3 N–H and O–H groups in total. The molecule has 1 amide bonds. The van der Waals surface area contributed by atoms with Crippen LogP contribution in [0.4, 0.5) is 10.6 Å². The van der Waals surface area contributed by atoms with E-state index in [0.717, 1.165) is 19.3 Å². The predicted molar refractivity (Wildman–Crippen MR) is 65.9 cm³/mol. The Bertz CT molecular complexity index is 446. The highest BCUT2D eigenvalue weighted by Crippen LogP contribution is 2.19. The fourth-order valence-electron chi connectivity index (χ4n) is 1.84. The molecule has 0 aromatic carbocycles. The van der Waals surface area contributed by atoms with Gasteiger partial charge in [-0.3, -0.25) is 5.32 Å². The number of nitrogens with zero attached hydrogens (tertiary/aromatic N) is 1. The zero-order valence-corrected chi connectivity index (χ0v) is 10.3. The predicted octanol–water partition coefficient (Wildman–Crippen LogP) is 1.92. The van der Waals surface area contributed by atoms with Crippen LogP contribution in [0.25, 0.3) is 0 Å². The molecule has 1 aliphatic heterocycles. The number of rotatable bonds is 4. The van der Waals surface area contributed by atoms with Crippen molar-refractivity contribution >= 4 is 11.9 Å². The Morgan fingerprint density at radius 3 is 3.05 bits per heavy atom. The molecule has 7 heteroatoms. The standard InChI is InChI=1S/C12H16N2O5/c15-9-5-8(13-10(6-9)14-12(16)17)7-19-11-3-1-2-4-18-11/h5-6,11H,1-4,7H2,(H,16,17)(H2,13,14,15). The minimum Gasteiger partial charge on any atom is -0.508 e. The molecule has 0 saturated carbocycles. The van der Waals surface area contributed by atoms with Crippen LogP contribution < -0.4 is 5.32 Å². The van der Waals surface area contributed by atoms with Crippen LogP contribution in [-0.4, -0.2) is 34.2 Å². The fraction of sp³-hybridized carbons (Fsp3) is 0.500. The lowest BCUT2D eigenvalue weighted by Crippen LogP contribution is -2.22. The maximum atomic E-state index is 10.5. The van der Waals surface area contributed by atoms with Gasteiger partial charge in [0, 0.05) is 18.7 Å². The third-order valence-corrected chi connectivity index (χ3v) is 2.65. The van der Waals surface area contributed by atoms with Crippen molar-refractivity contribution in [2.45, 2.75) is 32.2 Å². The van der Waals surface area contributed by atoms with Crippen molar-refractivity contribution in [1.29, 1.82) is 0 Å². The van der Waals surface area contributed by atoms with Crippen LogP contribution >= 0.6 is 0 Å². The molecule has 2 rings (SSSR count). The lowest BCUT2D eigenvalue weighted by Gasteiger charge is -2.22. The highest BCUT2D eigenvalue weighted by molar-refractivity contribution is 5.81. The van der Waals surface area contributed by atoms with Crippen LogP contribution in [0.15, 0.2) is 12.1 Å². The maximum Gasteiger partial charge on any atom is 0.410 e. The van der Waals surface area contributed by atoms with Gasteiger partial charge < -0.3 is 19.7 Å². The fourth-order valence-corrected chi connectivity index (χ4v) is 1.84. The first-order chi connectivity index (χ1) is 9.13.